The van der Waals surface area contributed by atoms with E-state index in [1.54, 1.807) is 0 Å². The summed E-state index contributed by atoms with van der Waals surface area (Å²) in [6.45, 7) is 3.32. The Bertz CT molecular complexity index is 422. The van der Waals surface area contributed by atoms with Crippen LogP contribution in [-0.2, 0) is 11.3 Å². The van der Waals surface area contributed by atoms with E-state index in [4.69, 9.17) is 9.84 Å². The summed E-state index contributed by atoms with van der Waals surface area (Å²) >= 11 is 3.27. The first-order valence-electron chi connectivity index (χ1n) is 7.08. The van der Waals surface area contributed by atoms with E-state index in [-0.39, 0.29) is 18.5 Å². The van der Waals surface area contributed by atoms with E-state index < -0.39 is 0 Å². The summed E-state index contributed by atoms with van der Waals surface area (Å²) in [7, 11) is 0. The van der Waals surface area contributed by atoms with Crippen molar-refractivity contribution in [2.24, 2.45) is 0 Å². The molecule has 0 spiro atoms. The van der Waals surface area contributed by atoms with Gasteiger partial charge in [0, 0.05) is 42.9 Å². The SMILES string of the molecule is OCCCOC1CCN(Cc2ccc(Br)cc2F)CC1. The number of likely N-dealkylation sites (tertiary alicyclic amines) is 1. The third kappa shape index (κ3) is 4.81. The molecule has 5 heteroatoms. The van der Waals surface area contributed by atoms with Crippen LogP contribution >= 0.6 is 15.9 Å². The molecule has 0 radical (unpaired) electrons. The number of nitrogens with zero attached hydrogens (tertiary/aromatic N) is 1. The van der Waals surface area contributed by atoms with Crippen molar-refractivity contribution in [2.75, 3.05) is 26.3 Å². The van der Waals surface area contributed by atoms with Gasteiger partial charge < -0.3 is 9.84 Å². The molecule has 1 heterocycles. The Labute approximate surface area is 127 Å². The second-order valence-corrected chi connectivity index (χ2v) is 6.07. The third-order valence-corrected chi connectivity index (χ3v) is 4.09. The zero-order valence-corrected chi connectivity index (χ0v) is 13.1. The van der Waals surface area contributed by atoms with Crippen LogP contribution in [0.4, 0.5) is 4.39 Å². The predicted molar refractivity (Wildman–Crippen MR) is 80.1 cm³/mol. The van der Waals surface area contributed by atoms with Crippen molar-refractivity contribution in [2.45, 2.75) is 31.9 Å². The van der Waals surface area contributed by atoms with Crippen LogP contribution in [0.5, 0.6) is 0 Å². The van der Waals surface area contributed by atoms with Gasteiger partial charge in [-0.25, -0.2) is 4.39 Å². The zero-order chi connectivity index (χ0) is 14.4. The zero-order valence-electron chi connectivity index (χ0n) is 11.5. The fourth-order valence-electron chi connectivity index (χ4n) is 2.44. The van der Waals surface area contributed by atoms with Crippen LogP contribution in [0.15, 0.2) is 22.7 Å². The van der Waals surface area contributed by atoms with Crippen LogP contribution in [-0.4, -0.2) is 42.4 Å². The molecule has 1 saturated heterocycles. The van der Waals surface area contributed by atoms with Crippen molar-refractivity contribution >= 4 is 15.9 Å². The van der Waals surface area contributed by atoms with Crippen LogP contribution < -0.4 is 0 Å². The minimum atomic E-state index is -0.152. The van der Waals surface area contributed by atoms with E-state index in [1.807, 2.05) is 12.1 Å². The van der Waals surface area contributed by atoms with Crippen LogP contribution in [0.3, 0.4) is 0 Å². The van der Waals surface area contributed by atoms with Crippen molar-refractivity contribution in [3.63, 3.8) is 0 Å². The molecule has 1 aromatic rings. The standard InChI is InChI=1S/C15H21BrFNO2/c16-13-3-2-12(15(17)10-13)11-18-6-4-14(5-7-18)20-9-1-8-19/h2-3,10,14,19H,1,4-9,11H2. The minimum absolute atomic E-state index is 0.152. The lowest BCUT2D eigenvalue weighted by Crippen LogP contribution is -2.36. The van der Waals surface area contributed by atoms with Crippen molar-refractivity contribution in [3.05, 3.63) is 34.1 Å². The van der Waals surface area contributed by atoms with Crippen LogP contribution in [0.1, 0.15) is 24.8 Å². The molecular weight excluding hydrogens is 325 g/mol. The normalized spacial score (nSPS) is 17.6. The number of aliphatic hydroxyl groups excluding tert-OH is 1. The summed E-state index contributed by atoms with van der Waals surface area (Å²) in [5.41, 5.74) is 0.743. The molecule has 3 nitrogen and oxygen atoms in total. The van der Waals surface area contributed by atoms with Gasteiger partial charge in [0.05, 0.1) is 6.10 Å². The summed E-state index contributed by atoms with van der Waals surface area (Å²) in [6.07, 6.45) is 2.94. The Morgan fingerprint density at radius 1 is 1.35 bits per heavy atom. The summed E-state index contributed by atoms with van der Waals surface area (Å²) in [4.78, 5) is 2.26. The van der Waals surface area contributed by atoms with Crippen LogP contribution in [0.25, 0.3) is 0 Å². The lowest BCUT2D eigenvalue weighted by atomic mass is 10.1. The van der Waals surface area contributed by atoms with E-state index in [1.165, 1.54) is 6.07 Å². The molecule has 0 saturated carbocycles. The first-order valence-corrected chi connectivity index (χ1v) is 7.87. The number of ether oxygens (including phenoxy) is 1. The monoisotopic (exact) mass is 345 g/mol. The lowest BCUT2D eigenvalue weighted by molar-refractivity contribution is 0.000630. The molecule has 2 rings (SSSR count). The maximum atomic E-state index is 13.8. The maximum absolute atomic E-state index is 13.8. The molecule has 1 aliphatic rings. The van der Waals surface area contributed by atoms with Gasteiger partial charge in [-0.05, 0) is 31.4 Å². The quantitative estimate of drug-likeness (QED) is 0.804. The van der Waals surface area contributed by atoms with E-state index >= 15 is 0 Å². The molecule has 0 amide bonds. The maximum Gasteiger partial charge on any atom is 0.128 e. The average Bonchev–Trinajstić information content (AvgIpc) is 2.44. The molecule has 0 aromatic heterocycles. The Hall–Kier alpha value is -0.490. The fourth-order valence-corrected chi connectivity index (χ4v) is 2.77. The highest BCUT2D eigenvalue weighted by Crippen LogP contribution is 2.20. The molecule has 0 bridgehead atoms. The summed E-state index contributed by atoms with van der Waals surface area (Å²) in [5, 5.41) is 8.72. The Kier molecular flexibility index (Phi) is 6.42. The summed E-state index contributed by atoms with van der Waals surface area (Å²) < 4.78 is 20.2. The van der Waals surface area contributed by atoms with Gasteiger partial charge in [-0.2, -0.15) is 0 Å². The van der Waals surface area contributed by atoms with E-state index in [0.717, 1.165) is 36.0 Å². The van der Waals surface area contributed by atoms with Gasteiger partial charge >= 0.3 is 0 Å². The average molecular weight is 346 g/mol. The number of hydrogen-bond donors (Lipinski definition) is 1. The highest BCUT2D eigenvalue weighted by molar-refractivity contribution is 9.10. The third-order valence-electron chi connectivity index (χ3n) is 3.60. The number of benzene rings is 1. The Morgan fingerprint density at radius 2 is 2.10 bits per heavy atom. The molecule has 0 unspecified atom stereocenters. The topological polar surface area (TPSA) is 32.7 Å². The van der Waals surface area contributed by atoms with Crippen LogP contribution in [0.2, 0.25) is 0 Å². The number of piperidine rings is 1. The smallest absolute Gasteiger partial charge is 0.128 e. The molecule has 0 aliphatic carbocycles. The predicted octanol–water partition coefficient (Wildman–Crippen LogP) is 2.95. The highest BCUT2D eigenvalue weighted by atomic mass is 79.9. The summed E-state index contributed by atoms with van der Waals surface area (Å²) in [5.74, 6) is -0.152. The van der Waals surface area contributed by atoms with Gasteiger partial charge in [0.15, 0.2) is 0 Å². The number of halogens is 2. The van der Waals surface area contributed by atoms with E-state index in [0.29, 0.717) is 19.6 Å². The Balaban J connectivity index is 1.76. The molecule has 1 fully saturated rings. The van der Waals surface area contributed by atoms with E-state index in [9.17, 15) is 4.39 Å². The molecule has 112 valence electrons. The highest BCUT2D eigenvalue weighted by Gasteiger charge is 2.20. The molecular formula is C15H21BrFNO2. The molecule has 1 aromatic carbocycles. The Morgan fingerprint density at radius 3 is 2.75 bits per heavy atom. The molecule has 20 heavy (non-hydrogen) atoms. The second-order valence-electron chi connectivity index (χ2n) is 5.16. The van der Waals surface area contributed by atoms with Gasteiger partial charge in [-0.1, -0.05) is 22.0 Å². The lowest BCUT2D eigenvalue weighted by Gasteiger charge is -2.32. The first kappa shape index (κ1) is 15.9. The van der Waals surface area contributed by atoms with Gasteiger partial charge in [0.25, 0.3) is 0 Å². The van der Waals surface area contributed by atoms with Crippen molar-refractivity contribution in [1.82, 2.24) is 4.90 Å². The van der Waals surface area contributed by atoms with Crippen molar-refractivity contribution < 1.29 is 14.2 Å². The van der Waals surface area contributed by atoms with Gasteiger partial charge in [0.1, 0.15) is 5.82 Å². The van der Waals surface area contributed by atoms with E-state index in [2.05, 4.69) is 20.8 Å². The molecule has 1 N–H and O–H groups in total. The number of rotatable bonds is 6. The largest absolute Gasteiger partial charge is 0.396 e. The molecule has 1 aliphatic heterocycles. The number of aliphatic hydroxyl groups is 1. The second kappa shape index (κ2) is 8.08. The van der Waals surface area contributed by atoms with Gasteiger partial charge in [-0.3, -0.25) is 4.90 Å². The minimum Gasteiger partial charge on any atom is -0.396 e. The van der Waals surface area contributed by atoms with Crippen LogP contribution in [0, 0.1) is 5.82 Å². The summed E-state index contributed by atoms with van der Waals surface area (Å²) in [6, 6.07) is 5.23. The first-order chi connectivity index (χ1) is 9.69. The fraction of sp³-hybridized carbons (Fsp3) is 0.600. The van der Waals surface area contributed by atoms with Crippen molar-refractivity contribution in [1.29, 1.82) is 0 Å². The van der Waals surface area contributed by atoms with Gasteiger partial charge in [-0.15, -0.1) is 0 Å². The molecule has 0 atom stereocenters. The number of hydrogen-bond acceptors (Lipinski definition) is 3. The van der Waals surface area contributed by atoms with Crippen molar-refractivity contribution in [3.8, 4) is 0 Å². The van der Waals surface area contributed by atoms with Gasteiger partial charge in [0.2, 0.25) is 0 Å².